The number of rotatable bonds is 0. The molecule has 0 saturated heterocycles. The van der Waals surface area contributed by atoms with E-state index in [1.54, 1.807) is 0 Å². The Kier molecular flexibility index (Phi) is 3.69. The molecule has 0 spiro atoms. The predicted octanol–water partition coefficient (Wildman–Crippen LogP) is 3.31. The molecule has 1 aliphatic rings. The molecular weight excluding hydrogens is 158 g/mol. The predicted molar refractivity (Wildman–Crippen MR) is 57.5 cm³/mol. The van der Waals surface area contributed by atoms with Crippen molar-refractivity contribution < 1.29 is 0 Å². The Morgan fingerprint density at radius 3 is 2.62 bits per heavy atom. The second-order valence-electron chi connectivity index (χ2n) is 3.89. The highest BCUT2D eigenvalue weighted by Crippen LogP contribution is 2.14. The van der Waals surface area contributed by atoms with Gasteiger partial charge in [0.1, 0.15) is 0 Å². The third-order valence-corrected chi connectivity index (χ3v) is 1.54. The minimum atomic E-state index is 0.833. The van der Waals surface area contributed by atoms with Crippen molar-refractivity contribution in [1.82, 2.24) is 4.98 Å². The number of nitrogens with zero attached hydrogens (tertiary/aromatic N) is 1. The molecule has 1 aromatic rings. The monoisotopic (exact) mass is 175 g/mol. The first-order chi connectivity index (χ1) is 6.20. The first-order valence-electron chi connectivity index (χ1n) is 4.80. The van der Waals surface area contributed by atoms with Crippen molar-refractivity contribution in [3.05, 3.63) is 35.7 Å². The van der Waals surface area contributed by atoms with Gasteiger partial charge in [0.25, 0.3) is 0 Å². The summed E-state index contributed by atoms with van der Waals surface area (Å²) in [6, 6.07) is 4.09. The minimum Gasteiger partial charge on any atom is -0.257 e. The maximum atomic E-state index is 4.17. The quantitative estimate of drug-likeness (QED) is 0.589. The summed E-state index contributed by atoms with van der Waals surface area (Å²) >= 11 is 0. The molecule has 70 valence electrons. The van der Waals surface area contributed by atoms with Crippen LogP contribution in [0.4, 0.5) is 0 Å². The van der Waals surface area contributed by atoms with E-state index in [-0.39, 0.29) is 0 Å². The summed E-state index contributed by atoms with van der Waals surface area (Å²) in [5, 5.41) is 0. The highest BCUT2D eigenvalue weighted by Gasteiger charge is 2.01. The van der Waals surface area contributed by atoms with Crippen LogP contribution in [-0.4, -0.2) is 4.98 Å². The standard InChI is InChI=1S/C8H7N.C4H10/c1-3-7-4-2-6-9-8(7)5-1;1-4(2)3/h1-2,4-6H,3H2;4H,1-3H3. The third kappa shape index (κ3) is 3.41. The zero-order chi connectivity index (χ0) is 9.68. The molecule has 0 atom stereocenters. The molecular formula is C12H17N. The van der Waals surface area contributed by atoms with Gasteiger partial charge in [0.05, 0.1) is 5.69 Å². The van der Waals surface area contributed by atoms with Crippen molar-refractivity contribution in [3.63, 3.8) is 0 Å². The summed E-state index contributed by atoms with van der Waals surface area (Å²) in [5.74, 6) is 0.833. The molecule has 1 aliphatic carbocycles. The van der Waals surface area contributed by atoms with Crippen molar-refractivity contribution in [2.75, 3.05) is 0 Å². The molecule has 13 heavy (non-hydrogen) atoms. The molecule has 0 N–H and O–H groups in total. The summed E-state index contributed by atoms with van der Waals surface area (Å²) in [4.78, 5) is 4.17. The van der Waals surface area contributed by atoms with Crippen LogP contribution in [0.1, 0.15) is 32.0 Å². The van der Waals surface area contributed by atoms with Crippen molar-refractivity contribution in [2.24, 2.45) is 5.92 Å². The normalized spacial score (nSPS) is 12.3. The fourth-order valence-corrected chi connectivity index (χ4v) is 1.07. The van der Waals surface area contributed by atoms with Crippen LogP contribution in [0.2, 0.25) is 0 Å². The summed E-state index contributed by atoms with van der Waals surface area (Å²) in [6.07, 6.45) is 7.09. The van der Waals surface area contributed by atoms with Gasteiger partial charge in [0.2, 0.25) is 0 Å². The van der Waals surface area contributed by atoms with Gasteiger partial charge in [-0.1, -0.05) is 32.9 Å². The van der Waals surface area contributed by atoms with Gasteiger partial charge in [-0.15, -0.1) is 0 Å². The highest BCUT2D eigenvalue weighted by molar-refractivity contribution is 5.55. The van der Waals surface area contributed by atoms with Gasteiger partial charge in [-0.05, 0) is 30.0 Å². The maximum absolute atomic E-state index is 4.17. The lowest BCUT2D eigenvalue weighted by atomic mass is 10.2. The van der Waals surface area contributed by atoms with Crippen molar-refractivity contribution in [2.45, 2.75) is 27.2 Å². The molecule has 0 amide bonds. The fraction of sp³-hybridized carbons (Fsp3) is 0.417. The Balaban J connectivity index is 0.000000184. The van der Waals surface area contributed by atoms with Gasteiger partial charge >= 0.3 is 0 Å². The van der Waals surface area contributed by atoms with Crippen molar-refractivity contribution >= 4 is 6.08 Å². The molecule has 1 aromatic heterocycles. The van der Waals surface area contributed by atoms with E-state index in [0.717, 1.165) is 18.0 Å². The molecule has 1 heterocycles. The van der Waals surface area contributed by atoms with Gasteiger partial charge in [0, 0.05) is 6.20 Å². The first-order valence-corrected chi connectivity index (χ1v) is 4.80. The lowest BCUT2D eigenvalue weighted by Crippen LogP contribution is -1.82. The second-order valence-corrected chi connectivity index (χ2v) is 3.89. The second kappa shape index (κ2) is 4.80. The first kappa shape index (κ1) is 9.97. The van der Waals surface area contributed by atoms with E-state index in [1.807, 2.05) is 12.3 Å². The number of hydrogen-bond donors (Lipinski definition) is 0. The van der Waals surface area contributed by atoms with E-state index >= 15 is 0 Å². The van der Waals surface area contributed by atoms with Crippen LogP contribution in [-0.2, 0) is 6.42 Å². The molecule has 0 bridgehead atoms. The van der Waals surface area contributed by atoms with Crippen LogP contribution < -0.4 is 0 Å². The summed E-state index contributed by atoms with van der Waals surface area (Å²) < 4.78 is 0. The average molecular weight is 175 g/mol. The van der Waals surface area contributed by atoms with Crippen LogP contribution in [0.15, 0.2) is 24.4 Å². The molecule has 0 unspecified atom stereocenters. The van der Waals surface area contributed by atoms with E-state index in [0.29, 0.717) is 0 Å². The van der Waals surface area contributed by atoms with E-state index in [9.17, 15) is 0 Å². The molecule has 0 fully saturated rings. The zero-order valence-corrected chi connectivity index (χ0v) is 8.62. The van der Waals surface area contributed by atoms with Gasteiger partial charge in [-0.25, -0.2) is 0 Å². The van der Waals surface area contributed by atoms with Gasteiger partial charge in [-0.2, -0.15) is 0 Å². The van der Waals surface area contributed by atoms with Gasteiger partial charge in [-0.3, -0.25) is 4.98 Å². The summed E-state index contributed by atoms with van der Waals surface area (Å²) in [5.41, 5.74) is 2.48. The van der Waals surface area contributed by atoms with E-state index < -0.39 is 0 Å². The average Bonchev–Trinajstić information content (AvgIpc) is 2.49. The van der Waals surface area contributed by atoms with Crippen LogP contribution >= 0.6 is 0 Å². The Morgan fingerprint density at radius 2 is 2.00 bits per heavy atom. The summed E-state index contributed by atoms with van der Waals surface area (Å²) in [6.45, 7) is 6.50. The van der Waals surface area contributed by atoms with Crippen molar-refractivity contribution in [1.29, 1.82) is 0 Å². The number of aromatic nitrogens is 1. The number of hydrogen-bond acceptors (Lipinski definition) is 1. The topological polar surface area (TPSA) is 12.9 Å². The Labute approximate surface area is 80.5 Å². The number of allylic oxidation sites excluding steroid dienone is 1. The SMILES string of the molecule is C1=Cc2ncccc2C1.CC(C)C. The fourth-order valence-electron chi connectivity index (χ4n) is 1.07. The molecule has 2 rings (SSSR count). The lowest BCUT2D eigenvalue weighted by molar-refractivity contribution is 0.737. The summed E-state index contributed by atoms with van der Waals surface area (Å²) in [7, 11) is 0. The van der Waals surface area contributed by atoms with Crippen molar-refractivity contribution in [3.8, 4) is 0 Å². The van der Waals surface area contributed by atoms with Crippen LogP contribution in [0, 0.1) is 5.92 Å². The number of fused-ring (bicyclic) bond motifs is 1. The Morgan fingerprint density at radius 1 is 1.31 bits per heavy atom. The molecule has 1 nitrogen and oxygen atoms in total. The molecule has 0 aromatic carbocycles. The zero-order valence-electron chi connectivity index (χ0n) is 8.62. The largest absolute Gasteiger partial charge is 0.257 e. The lowest BCUT2D eigenvalue weighted by Gasteiger charge is -1.92. The van der Waals surface area contributed by atoms with Gasteiger partial charge in [0.15, 0.2) is 0 Å². The number of pyridine rings is 1. The smallest absolute Gasteiger partial charge is 0.0661 e. The van der Waals surface area contributed by atoms with E-state index in [2.05, 4.69) is 44.0 Å². The van der Waals surface area contributed by atoms with Crippen LogP contribution in [0.5, 0.6) is 0 Å². The maximum Gasteiger partial charge on any atom is 0.0661 e. The minimum absolute atomic E-state index is 0.833. The Bertz CT molecular complexity index is 284. The molecule has 0 radical (unpaired) electrons. The molecule has 0 saturated carbocycles. The van der Waals surface area contributed by atoms with E-state index in [1.165, 1.54) is 5.56 Å². The van der Waals surface area contributed by atoms with Crippen LogP contribution in [0.25, 0.3) is 6.08 Å². The van der Waals surface area contributed by atoms with Crippen LogP contribution in [0.3, 0.4) is 0 Å². The van der Waals surface area contributed by atoms with E-state index in [4.69, 9.17) is 0 Å². The molecule has 0 aliphatic heterocycles. The molecule has 1 heteroatoms. The third-order valence-electron chi connectivity index (χ3n) is 1.54. The van der Waals surface area contributed by atoms with Gasteiger partial charge < -0.3 is 0 Å². The highest BCUT2D eigenvalue weighted by atomic mass is 14.7. The Hall–Kier alpha value is -1.11.